The summed E-state index contributed by atoms with van der Waals surface area (Å²) in [7, 11) is 0. The predicted octanol–water partition coefficient (Wildman–Crippen LogP) is 4.94. The van der Waals surface area contributed by atoms with Crippen molar-refractivity contribution < 1.29 is 9.50 Å². The summed E-state index contributed by atoms with van der Waals surface area (Å²) in [6, 6.07) is 12.8. The van der Waals surface area contributed by atoms with E-state index < -0.39 is 6.10 Å². The summed E-state index contributed by atoms with van der Waals surface area (Å²) in [5, 5.41) is 10.3. The first-order chi connectivity index (χ1) is 9.65. The Morgan fingerprint density at radius 2 is 1.70 bits per heavy atom. The summed E-state index contributed by atoms with van der Waals surface area (Å²) >= 11 is 3.12. The van der Waals surface area contributed by atoms with Gasteiger partial charge in [0.2, 0.25) is 0 Å². The Hall–Kier alpha value is -1.19. The van der Waals surface area contributed by atoms with Crippen LogP contribution in [0.3, 0.4) is 0 Å². The summed E-state index contributed by atoms with van der Waals surface area (Å²) in [6.45, 7) is 0. The Labute approximate surface area is 126 Å². The fourth-order valence-corrected chi connectivity index (χ4v) is 2.81. The highest BCUT2D eigenvalue weighted by molar-refractivity contribution is 9.10. The molecule has 0 spiro atoms. The molecule has 104 valence electrons. The Morgan fingerprint density at radius 1 is 1.05 bits per heavy atom. The third-order valence-electron chi connectivity index (χ3n) is 4.09. The van der Waals surface area contributed by atoms with Crippen LogP contribution in [0.5, 0.6) is 0 Å². The van der Waals surface area contributed by atoms with Gasteiger partial charge in [0, 0.05) is 0 Å². The Morgan fingerprint density at radius 3 is 2.25 bits per heavy atom. The van der Waals surface area contributed by atoms with Crippen molar-refractivity contribution in [3.05, 3.63) is 69.4 Å². The van der Waals surface area contributed by atoms with Crippen LogP contribution in [-0.2, 0) is 0 Å². The molecule has 0 bridgehead atoms. The van der Waals surface area contributed by atoms with E-state index in [-0.39, 0.29) is 5.82 Å². The number of hydrogen-bond donors (Lipinski definition) is 1. The first kappa shape index (κ1) is 13.8. The maximum atomic E-state index is 13.5. The van der Waals surface area contributed by atoms with E-state index in [1.165, 1.54) is 30.9 Å². The van der Waals surface area contributed by atoms with Gasteiger partial charge in [0.25, 0.3) is 0 Å². The second kappa shape index (κ2) is 5.66. The highest BCUT2D eigenvalue weighted by Crippen LogP contribution is 2.37. The SMILES string of the molecule is OC(c1ccc(C2CCC2)cc1)c1ccc(Br)c(F)c1. The third-order valence-corrected chi connectivity index (χ3v) is 4.73. The van der Waals surface area contributed by atoms with Gasteiger partial charge in [-0.05, 0) is 63.5 Å². The average molecular weight is 335 g/mol. The van der Waals surface area contributed by atoms with E-state index in [0.29, 0.717) is 16.0 Å². The van der Waals surface area contributed by atoms with Gasteiger partial charge in [0.15, 0.2) is 0 Å². The minimum absolute atomic E-state index is 0.354. The number of halogens is 2. The van der Waals surface area contributed by atoms with Crippen molar-refractivity contribution in [2.45, 2.75) is 31.3 Å². The highest BCUT2D eigenvalue weighted by Gasteiger charge is 2.20. The monoisotopic (exact) mass is 334 g/mol. The Bertz CT molecular complexity index is 605. The van der Waals surface area contributed by atoms with Crippen LogP contribution in [0.1, 0.15) is 48.0 Å². The van der Waals surface area contributed by atoms with Crippen LogP contribution in [0.2, 0.25) is 0 Å². The summed E-state index contributed by atoms with van der Waals surface area (Å²) in [6.07, 6.45) is 3.06. The molecule has 1 unspecified atom stereocenters. The van der Waals surface area contributed by atoms with Crippen molar-refractivity contribution in [2.75, 3.05) is 0 Å². The molecule has 2 aromatic rings. The lowest BCUT2D eigenvalue weighted by Gasteiger charge is -2.26. The maximum absolute atomic E-state index is 13.5. The van der Waals surface area contributed by atoms with Gasteiger partial charge in [-0.25, -0.2) is 4.39 Å². The quantitative estimate of drug-likeness (QED) is 0.843. The number of aliphatic hydroxyl groups is 1. The zero-order valence-electron chi connectivity index (χ0n) is 11.0. The Kier molecular flexibility index (Phi) is 3.90. The smallest absolute Gasteiger partial charge is 0.137 e. The molecule has 1 fully saturated rings. The largest absolute Gasteiger partial charge is 0.384 e. The van der Waals surface area contributed by atoms with Crippen molar-refractivity contribution >= 4 is 15.9 Å². The van der Waals surface area contributed by atoms with Gasteiger partial charge in [-0.1, -0.05) is 36.8 Å². The van der Waals surface area contributed by atoms with Crippen LogP contribution >= 0.6 is 15.9 Å². The minimum Gasteiger partial charge on any atom is -0.384 e. The number of aliphatic hydroxyl groups excluding tert-OH is 1. The van der Waals surface area contributed by atoms with Gasteiger partial charge < -0.3 is 5.11 Å². The topological polar surface area (TPSA) is 20.2 Å². The van der Waals surface area contributed by atoms with E-state index in [2.05, 4.69) is 28.1 Å². The van der Waals surface area contributed by atoms with E-state index in [1.807, 2.05) is 12.1 Å². The number of hydrogen-bond acceptors (Lipinski definition) is 1. The van der Waals surface area contributed by atoms with Gasteiger partial charge in [-0.2, -0.15) is 0 Å². The second-order valence-corrected chi connectivity index (χ2v) is 6.22. The molecule has 1 atom stereocenters. The van der Waals surface area contributed by atoms with Crippen molar-refractivity contribution in [1.82, 2.24) is 0 Å². The van der Waals surface area contributed by atoms with Crippen LogP contribution in [0.25, 0.3) is 0 Å². The van der Waals surface area contributed by atoms with Gasteiger partial charge in [0.05, 0.1) is 4.47 Å². The highest BCUT2D eigenvalue weighted by atomic mass is 79.9. The molecular weight excluding hydrogens is 319 g/mol. The maximum Gasteiger partial charge on any atom is 0.137 e. The molecule has 3 heteroatoms. The fourth-order valence-electron chi connectivity index (χ4n) is 2.57. The lowest BCUT2D eigenvalue weighted by Crippen LogP contribution is -2.09. The molecule has 20 heavy (non-hydrogen) atoms. The molecule has 1 aliphatic carbocycles. The van der Waals surface area contributed by atoms with Gasteiger partial charge in [-0.15, -0.1) is 0 Å². The normalized spacial score (nSPS) is 16.8. The van der Waals surface area contributed by atoms with Crippen LogP contribution in [-0.4, -0.2) is 5.11 Å². The first-order valence-corrected chi connectivity index (χ1v) is 7.67. The summed E-state index contributed by atoms with van der Waals surface area (Å²) < 4.78 is 13.9. The van der Waals surface area contributed by atoms with Crippen molar-refractivity contribution in [2.24, 2.45) is 0 Å². The van der Waals surface area contributed by atoms with E-state index in [1.54, 1.807) is 12.1 Å². The fraction of sp³-hybridized carbons (Fsp3) is 0.294. The zero-order chi connectivity index (χ0) is 14.1. The van der Waals surface area contributed by atoms with Gasteiger partial charge in [-0.3, -0.25) is 0 Å². The van der Waals surface area contributed by atoms with Crippen molar-refractivity contribution in [3.8, 4) is 0 Å². The van der Waals surface area contributed by atoms with Gasteiger partial charge in [0.1, 0.15) is 11.9 Å². The molecule has 1 saturated carbocycles. The Balaban J connectivity index is 1.82. The summed E-state index contributed by atoms with van der Waals surface area (Å²) in [4.78, 5) is 0. The molecule has 0 radical (unpaired) electrons. The third kappa shape index (κ3) is 2.65. The van der Waals surface area contributed by atoms with Gasteiger partial charge >= 0.3 is 0 Å². The van der Waals surface area contributed by atoms with Crippen LogP contribution in [0, 0.1) is 5.82 Å². The molecule has 0 saturated heterocycles. The molecular formula is C17H16BrFO. The van der Waals surface area contributed by atoms with E-state index in [9.17, 15) is 9.50 Å². The second-order valence-electron chi connectivity index (χ2n) is 5.37. The number of benzene rings is 2. The molecule has 0 amide bonds. The molecule has 3 rings (SSSR count). The standard InChI is InChI=1S/C17H16BrFO/c18-15-9-8-14(10-16(15)19)17(20)13-6-4-12(5-7-13)11-2-1-3-11/h4-11,17,20H,1-3H2. The van der Waals surface area contributed by atoms with E-state index in [0.717, 1.165) is 5.56 Å². The average Bonchev–Trinajstić information content (AvgIpc) is 2.40. The molecule has 1 aliphatic rings. The van der Waals surface area contributed by atoms with Crippen molar-refractivity contribution in [1.29, 1.82) is 0 Å². The molecule has 1 N–H and O–H groups in total. The van der Waals surface area contributed by atoms with Crippen LogP contribution < -0.4 is 0 Å². The van der Waals surface area contributed by atoms with Crippen LogP contribution in [0.15, 0.2) is 46.9 Å². The lowest BCUT2D eigenvalue weighted by molar-refractivity contribution is 0.219. The summed E-state index contributed by atoms with van der Waals surface area (Å²) in [5.74, 6) is 0.332. The summed E-state index contributed by atoms with van der Waals surface area (Å²) in [5.41, 5.74) is 2.71. The first-order valence-electron chi connectivity index (χ1n) is 6.88. The van der Waals surface area contributed by atoms with E-state index >= 15 is 0 Å². The molecule has 0 aromatic heterocycles. The molecule has 2 aromatic carbocycles. The number of rotatable bonds is 3. The molecule has 0 aliphatic heterocycles. The zero-order valence-corrected chi connectivity index (χ0v) is 12.6. The molecule has 0 heterocycles. The van der Waals surface area contributed by atoms with Crippen molar-refractivity contribution in [3.63, 3.8) is 0 Å². The molecule has 1 nitrogen and oxygen atoms in total. The predicted molar refractivity (Wildman–Crippen MR) is 81.2 cm³/mol. The lowest BCUT2D eigenvalue weighted by atomic mass is 9.80. The van der Waals surface area contributed by atoms with E-state index in [4.69, 9.17) is 0 Å². The minimum atomic E-state index is -0.784. The van der Waals surface area contributed by atoms with Crippen LogP contribution in [0.4, 0.5) is 4.39 Å².